The van der Waals surface area contributed by atoms with Gasteiger partial charge in [-0.3, -0.25) is 4.79 Å². The standard InChI is InChI=1S/C22H17ClO3/c23-19-9-10-21(22(25)26)18(13-19)14-20(24)12-15-5-4-8-17(11-15)16-6-2-1-3-7-16/h1-11,13H,12,14H2,(H,25,26). The highest BCUT2D eigenvalue weighted by Gasteiger charge is 2.14. The van der Waals surface area contributed by atoms with E-state index in [1.54, 1.807) is 6.07 Å². The van der Waals surface area contributed by atoms with Gasteiger partial charge in [-0.1, -0.05) is 66.2 Å². The summed E-state index contributed by atoms with van der Waals surface area (Å²) in [5.74, 6) is -1.12. The van der Waals surface area contributed by atoms with E-state index in [1.165, 1.54) is 12.1 Å². The summed E-state index contributed by atoms with van der Waals surface area (Å²) in [5.41, 5.74) is 3.58. The topological polar surface area (TPSA) is 54.4 Å². The number of hydrogen-bond acceptors (Lipinski definition) is 2. The lowest BCUT2D eigenvalue weighted by molar-refractivity contribution is -0.117. The number of carboxylic acids is 1. The highest BCUT2D eigenvalue weighted by molar-refractivity contribution is 6.30. The van der Waals surface area contributed by atoms with Crippen LogP contribution in [0.15, 0.2) is 72.8 Å². The van der Waals surface area contributed by atoms with Crippen LogP contribution in [0.3, 0.4) is 0 Å². The molecule has 0 aliphatic heterocycles. The highest BCUT2D eigenvalue weighted by atomic mass is 35.5. The largest absolute Gasteiger partial charge is 0.478 e. The molecule has 0 atom stereocenters. The summed E-state index contributed by atoms with van der Waals surface area (Å²) >= 11 is 5.95. The smallest absolute Gasteiger partial charge is 0.335 e. The Morgan fingerprint density at radius 3 is 2.27 bits per heavy atom. The van der Waals surface area contributed by atoms with E-state index in [1.807, 2.05) is 54.6 Å². The SMILES string of the molecule is O=C(Cc1cccc(-c2ccccc2)c1)Cc1cc(Cl)ccc1C(=O)O. The molecule has 0 saturated heterocycles. The van der Waals surface area contributed by atoms with E-state index in [2.05, 4.69) is 0 Å². The first-order valence-electron chi connectivity index (χ1n) is 8.21. The number of carbonyl (C=O) groups excluding carboxylic acids is 1. The molecule has 4 heteroatoms. The number of hydrogen-bond donors (Lipinski definition) is 1. The van der Waals surface area contributed by atoms with E-state index in [9.17, 15) is 14.7 Å². The Hall–Kier alpha value is -2.91. The second kappa shape index (κ2) is 7.98. The number of aromatic carboxylic acids is 1. The minimum absolute atomic E-state index is 0.0394. The molecule has 130 valence electrons. The molecule has 0 unspecified atom stereocenters. The molecule has 0 spiro atoms. The van der Waals surface area contributed by atoms with E-state index < -0.39 is 5.97 Å². The zero-order chi connectivity index (χ0) is 18.5. The maximum Gasteiger partial charge on any atom is 0.335 e. The second-order valence-corrected chi connectivity index (χ2v) is 6.50. The maximum absolute atomic E-state index is 12.5. The average molecular weight is 365 g/mol. The molecule has 3 rings (SSSR count). The van der Waals surface area contributed by atoms with Crippen LogP contribution in [0.5, 0.6) is 0 Å². The number of carbonyl (C=O) groups is 2. The molecule has 0 aliphatic carbocycles. The summed E-state index contributed by atoms with van der Waals surface area (Å²) in [5, 5.41) is 9.69. The molecule has 0 aromatic heterocycles. The molecular formula is C22H17ClO3. The average Bonchev–Trinajstić information content (AvgIpc) is 2.62. The second-order valence-electron chi connectivity index (χ2n) is 6.07. The summed E-state index contributed by atoms with van der Waals surface area (Å²) in [6, 6.07) is 22.3. The third-order valence-corrected chi connectivity index (χ3v) is 4.36. The molecule has 0 aliphatic rings. The minimum Gasteiger partial charge on any atom is -0.478 e. The molecular weight excluding hydrogens is 348 g/mol. The van der Waals surface area contributed by atoms with Gasteiger partial charge in [-0.15, -0.1) is 0 Å². The van der Waals surface area contributed by atoms with Gasteiger partial charge in [0.2, 0.25) is 0 Å². The fourth-order valence-corrected chi connectivity index (χ4v) is 3.11. The maximum atomic E-state index is 12.5. The van der Waals surface area contributed by atoms with Crippen molar-refractivity contribution in [2.24, 2.45) is 0 Å². The van der Waals surface area contributed by atoms with Crippen molar-refractivity contribution in [3.63, 3.8) is 0 Å². The number of halogens is 1. The zero-order valence-electron chi connectivity index (χ0n) is 14.0. The quantitative estimate of drug-likeness (QED) is 0.665. The van der Waals surface area contributed by atoms with Crippen LogP contribution in [-0.2, 0) is 17.6 Å². The minimum atomic E-state index is -1.06. The number of carboxylic acid groups (broad SMARTS) is 1. The lowest BCUT2D eigenvalue weighted by atomic mass is 9.97. The first kappa shape index (κ1) is 17.9. The third-order valence-electron chi connectivity index (χ3n) is 4.12. The molecule has 3 aromatic carbocycles. The van der Waals surface area contributed by atoms with E-state index in [0.717, 1.165) is 16.7 Å². The Balaban J connectivity index is 1.77. The van der Waals surface area contributed by atoms with Gasteiger partial charge in [-0.25, -0.2) is 4.79 Å². The lowest BCUT2D eigenvalue weighted by Gasteiger charge is -2.08. The first-order chi connectivity index (χ1) is 12.5. The number of ketones is 1. The normalized spacial score (nSPS) is 10.5. The van der Waals surface area contributed by atoms with Crippen LogP contribution in [0.1, 0.15) is 21.5 Å². The Morgan fingerprint density at radius 1 is 0.808 bits per heavy atom. The predicted octanol–water partition coefficient (Wildman–Crippen LogP) is 5.06. The molecule has 3 aromatic rings. The van der Waals surface area contributed by atoms with Gasteiger partial charge in [0.15, 0.2) is 0 Å². The zero-order valence-corrected chi connectivity index (χ0v) is 14.7. The Kier molecular flexibility index (Phi) is 5.49. The van der Waals surface area contributed by atoms with Crippen LogP contribution in [0.2, 0.25) is 5.02 Å². The molecule has 1 N–H and O–H groups in total. The van der Waals surface area contributed by atoms with Crippen LogP contribution in [-0.4, -0.2) is 16.9 Å². The van der Waals surface area contributed by atoms with Gasteiger partial charge >= 0.3 is 5.97 Å². The van der Waals surface area contributed by atoms with E-state index in [-0.39, 0.29) is 24.2 Å². The van der Waals surface area contributed by atoms with Gasteiger partial charge < -0.3 is 5.11 Å². The fourth-order valence-electron chi connectivity index (χ4n) is 2.91. The van der Waals surface area contributed by atoms with Gasteiger partial charge in [-0.05, 0) is 40.5 Å². The van der Waals surface area contributed by atoms with Crippen LogP contribution in [0.4, 0.5) is 0 Å². The van der Waals surface area contributed by atoms with Crippen molar-refractivity contribution >= 4 is 23.4 Å². The third kappa shape index (κ3) is 4.38. The van der Waals surface area contributed by atoms with Gasteiger partial charge in [0, 0.05) is 17.9 Å². The van der Waals surface area contributed by atoms with Crippen LogP contribution < -0.4 is 0 Å². The number of rotatable bonds is 6. The summed E-state index contributed by atoms with van der Waals surface area (Å²) in [6.07, 6.45) is 0.282. The molecule has 0 saturated carbocycles. The molecule has 26 heavy (non-hydrogen) atoms. The molecule has 0 fully saturated rings. The van der Waals surface area contributed by atoms with Crippen LogP contribution >= 0.6 is 11.6 Å². The Bertz CT molecular complexity index is 949. The van der Waals surface area contributed by atoms with Crippen molar-refractivity contribution in [3.05, 3.63) is 94.5 Å². The lowest BCUT2D eigenvalue weighted by Crippen LogP contribution is -2.11. The van der Waals surface area contributed by atoms with Crippen molar-refractivity contribution in [2.75, 3.05) is 0 Å². The Labute approximate surface area is 156 Å². The summed E-state index contributed by atoms with van der Waals surface area (Å²) in [6.45, 7) is 0. The van der Waals surface area contributed by atoms with Crippen molar-refractivity contribution in [3.8, 4) is 11.1 Å². The summed E-state index contributed by atoms with van der Waals surface area (Å²) in [7, 11) is 0. The van der Waals surface area contributed by atoms with Crippen LogP contribution in [0, 0.1) is 0 Å². The van der Waals surface area contributed by atoms with Crippen LogP contribution in [0.25, 0.3) is 11.1 Å². The highest BCUT2D eigenvalue weighted by Crippen LogP contribution is 2.21. The first-order valence-corrected chi connectivity index (χ1v) is 8.58. The van der Waals surface area contributed by atoms with Gasteiger partial charge in [0.1, 0.15) is 5.78 Å². The van der Waals surface area contributed by atoms with Gasteiger partial charge in [0.05, 0.1) is 5.56 Å². The molecule has 3 nitrogen and oxygen atoms in total. The van der Waals surface area contributed by atoms with E-state index in [4.69, 9.17) is 11.6 Å². The van der Waals surface area contributed by atoms with Crippen molar-refractivity contribution in [1.82, 2.24) is 0 Å². The predicted molar refractivity (Wildman–Crippen MR) is 103 cm³/mol. The summed E-state index contributed by atoms with van der Waals surface area (Å²) in [4.78, 5) is 23.8. The van der Waals surface area contributed by atoms with Gasteiger partial charge in [-0.2, -0.15) is 0 Å². The van der Waals surface area contributed by atoms with Gasteiger partial charge in [0.25, 0.3) is 0 Å². The molecule has 0 radical (unpaired) electrons. The fraction of sp³-hybridized carbons (Fsp3) is 0.0909. The molecule has 0 amide bonds. The Morgan fingerprint density at radius 2 is 1.54 bits per heavy atom. The van der Waals surface area contributed by atoms with E-state index in [0.29, 0.717) is 10.6 Å². The van der Waals surface area contributed by atoms with Crippen molar-refractivity contribution in [1.29, 1.82) is 0 Å². The molecule has 0 heterocycles. The monoisotopic (exact) mass is 364 g/mol. The van der Waals surface area contributed by atoms with Crippen molar-refractivity contribution < 1.29 is 14.7 Å². The van der Waals surface area contributed by atoms with E-state index >= 15 is 0 Å². The number of benzene rings is 3. The number of Topliss-reactive ketones (excluding diaryl/α,β-unsaturated/α-hetero) is 1. The van der Waals surface area contributed by atoms with Crippen molar-refractivity contribution in [2.45, 2.75) is 12.8 Å². The summed E-state index contributed by atoms with van der Waals surface area (Å²) < 4.78 is 0. The molecule has 0 bridgehead atoms.